The van der Waals surface area contributed by atoms with Crippen LogP contribution in [0.25, 0.3) is 0 Å². The van der Waals surface area contributed by atoms with Crippen molar-refractivity contribution < 1.29 is 9.59 Å². The molecule has 5 nitrogen and oxygen atoms in total. The van der Waals surface area contributed by atoms with Crippen molar-refractivity contribution in [3.63, 3.8) is 0 Å². The van der Waals surface area contributed by atoms with Gasteiger partial charge < -0.3 is 9.80 Å². The summed E-state index contributed by atoms with van der Waals surface area (Å²) < 4.78 is 0. The summed E-state index contributed by atoms with van der Waals surface area (Å²) in [6.45, 7) is 3.23. The minimum absolute atomic E-state index is 0.000650. The average molecular weight is 301 g/mol. The number of hydrogen-bond donors (Lipinski definition) is 0. The van der Waals surface area contributed by atoms with Crippen molar-refractivity contribution in [1.29, 1.82) is 0 Å². The third kappa shape index (κ3) is 2.85. The van der Waals surface area contributed by atoms with Crippen molar-refractivity contribution in [3.05, 3.63) is 30.1 Å². The van der Waals surface area contributed by atoms with Crippen LogP contribution >= 0.6 is 0 Å². The van der Waals surface area contributed by atoms with E-state index in [1.165, 1.54) is 0 Å². The molecule has 2 atom stereocenters. The second kappa shape index (κ2) is 6.46. The van der Waals surface area contributed by atoms with Crippen LogP contribution in [0.5, 0.6) is 0 Å². The predicted molar refractivity (Wildman–Crippen MR) is 83.3 cm³/mol. The van der Waals surface area contributed by atoms with Gasteiger partial charge in [-0.25, -0.2) is 0 Å². The lowest BCUT2D eigenvalue weighted by molar-refractivity contribution is -0.133. The Balaban J connectivity index is 1.86. The van der Waals surface area contributed by atoms with Crippen LogP contribution in [-0.2, 0) is 4.79 Å². The van der Waals surface area contributed by atoms with Crippen molar-refractivity contribution in [2.75, 3.05) is 13.1 Å². The zero-order chi connectivity index (χ0) is 15.5. The van der Waals surface area contributed by atoms with Crippen LogP contribution in [0.3, 0.4) is 0 Å². The van der Waals surface area contributed by atoms with Crippen LogP contribution in [0.1, 0.15) is 49.5 Å². The van der Waals surface area contributed by atoms with Gasteiger partial charge in [0.1, 0.15) is 5.69 Å². The maximum absolute atomic E-state index is 12.8. The van der Waals surface area contributed by atoms with Crippen LogP contribution < -0.4 is 0 Å². The number of piperidine rings is 1. The second-order valence-corrected chi connectivity index (χ2v) is 6.20. The summed E-state index contributed by atoms with van der Waals surface area (Å²) in [5.74, 6) is 0.129. The third-order valence-corrected chi connectivity index (χ3v) is 4.84. The number of aromatic nitrogens is 1. The molecular weight excluding hydrogens is 278 g/mol. The largest absolute Gasteiger partial charge is 0.338 e. The number of amides is 2. The van der Waals surface area contributed by atoms with Crippen LogP contribution in [-0.4, -0.2) is 51.8 Å². The lowest BCUT2D eigenvalue weighted by Crippen LogP contribution is -2.57. The Morgan fingerprint density at radius 2 is 1.77 bits per heavy atom. The first-order chi connectivity index (χ1) is 10.7. The number of likely N-dealkylation sites (tertiary alicyclic amines) is 2. The van der Waals surface area contributed by atoms with Crippen molar-refractivity contribution in [2.45, 2.75) is 51.1 Å². The highest BCUT2D eigenvalue weighted by Crippen LogP contribution is 2.30. The Kier molecular flexibility index (Phi) is 4.41. The summed E-state index contributed by atoms with van der Waals surface area (Å²) in [6, 6.07) is 5.73. The van der Waals surface area contributed by atoms with E-state index in [1.807, 2.05) is 21.9 Å². The molecule has 1 aromatic heterocycles. The van der Waals surface area contributed by atoms with E-state index < -0.39 is 0 Å². The first kappa shape index (κ1) is 15.0. The fourth-order valence-electron chi connectivity index (χ4n) is 3.83. The van der Waals surface area contributed by atoms with Crippen molar-refractivity contribution >= 4 is 11.8 Å². The van der Waals surface area contributed by atoms with Gasteiger partial charge in [0.15, 0.2) is 0 Å². The van der Waals surface area contributed by atoms with E-state index in [-0.39, 0.29) is 23.9 Å². The summed E-state index contributed by atoms with van der Waals surface area (Å²) in [5, 5.41) is 0. The number of carbonyl (C=O) groups is 2. The van der Waals surface area contributed by atoms with Crippen molar-refractivity contribution in [2.24, 2.45) is 0 Å². The quantitative estimate of drug-likeness (QED) is 0.798. The molecule has 5 heteroatoms. The van der Waals surface area contributed by atoms with E-state index in [4.69, 9.17) is 0 Å². The summed E-state index contributed by atoms with van der Waals surface area (Å²) in [6.07, 6.45) is 6.67. The maximum Gasteiger partial charge on any atom is 0.272 e. The molecule has 0 N–H and O–H groups in total. The number of rotatable bonds is 1. The smallest absolute Gasteiger partial charge is 0.272 e. The molecule has 0 saturated carbocycles. The van der Waals surface area contributed by atoms with E-state index in [2.05, 4.69) is 4.98 Å². The van der Waals surface area contributed by atoms with E-state index >= 15 is 0 Å². The molecule has 3 heterocycles. The van der Waals surface area contributed by atoms with Crippen LogP contribution in [0, 0.1) is 0 Å². The number of fused-ring (bicyclic) bond motifs is 1. The van der Waals surface area contributed by atoms with Gasteiger partial charge in [-0.2, -0.15) is 0 Å². The number of pyridine rings is 1. The monoisotopic (exact) mass is 301 g/mol. The predicted octanol–water partition coefficient (Wildman–Crippen LogP) is 2.09. The van der Waals surface area contributed by atoms with Gasteiger partial charge >= 0.3 is 0 Å². The Labute approximate surface area is 131 Å². The molecule has 0 radical (unpaired) electrons. The van der Waals surface area contributed by atoms with Gasteiger partial charge in [0, 0.05) is 26.2 Å². The van der Waals surface area contributed by atoms with Crippen LogP contribution in [0.15, 0.2) is 24.4 Å². The molecule has 0 spiro atoms. The van der Waals surface area contributed by atoms with Crippen molar-refractivity contribution in [3.8, 4) is 0 Å². The number of hydrogen-bond acceptors (Lipinski definition) is 3. The standard InChI is InChI=1S/C17H23N3O2/c1-13(21)19-11-5-3-8-16-15(19)9-6-12-20(16)17(22)14-7-2-4-10-18-14/h2,4,7,10,15-16H,3,5-6,8-9,11-12H2,1H3/t15-,16-/m1/s1. The molecule has 1 aromatic rings. The number of nitrogens with zero attached hydrogens (tertiary/aromatic N) is 3. The first-order valence-corrected chi connectivity index (χ1v) is 8.17. The van der Waals surface area contributed by atoms with Gasteiger partial charge in [-0.15, -0.1) is 0 Å². The molecule has 0 unspecified atom stereocenters. The Morgan fingerprint density at radius 1 is 1.05 bits per heavy atom. The van der Waals surface area contributed by atoms with E-state index in [0.717, 1.165) is 45.2 Å². The fraction of sp³-hybridized carbons (Fsp3) is 0.588. The summed E-state index contributed by atoms with van der Waals surface area (Å²) in [7, 11) is 0. The Morgan fingerprint density at radius 3 is 2.50 bits per heavy atom. The van der Waals surface area contributed by atoms with Gasteiger partial charge in [-0.05, 0) is 44.2 Å². The van der Waals surface area contributed by atoms with Gasteiger partial charge in [0.05, 0.1) is 12.1 Å². The minimum atomic E-state index is 0.000650. The molecule has 2 aliphatic rings. The molecule has 118 valence electrons. The fourth-order valence-corrected chi connectivity index (χ4v) is 3.83. The van der Waals surface area contributed by atoms with E-state index in [1.54, 1.807) is 19.2 Å². The summed E-state index contributed by atoms with van der Waals surface area (Å²) in [4.78, 5) is 32.9. The molecule has 3 rings (SSSR count). The minimum Gasteiger partial charge on any atom is -0.338 e. The average Bonchev–Trinajstić information content (AvgIpc) is 2.77. The van der Waals surface area contributed by atoms with Gasteiger partial charge in [-0.3, -0.25) is 14.6 Å². The molecule has 0 aromatic carbocycles. The SMILES string of the molecule is CC(=O)N1CCCC[C@@H]2[C@H]1CCCN2C(=O)c1ccccn1. The molecule has 2 saturated heterocycles. The summed E-state index contributed by atoms with van der Waals surface area (Å²) in [5.41, 5.74) is 0.502. The molecule has 2 fully saturated rings. The molecule has 2 amide bonds. The number of carbonyl (C=O) groups excluding carboxylic acids is 2. The van der Waals surface area contributed by atoms with E-state index in [0.29, 0.717) is 5.69 Å². The van der Waals surface area contributed by atoms with E-state index in [9.17, 15) is 9.59 Å². The summed E-state index contributed by atoms with van der Waals surface area (Å²) >= 11 is 0. The molecule has 2 aliphatic heterocycles. The second-order valence-electron chi connectivity index (χ2n) is 6.20. The highest BCUT2D eigenvalue weighted by molar-refractivity contribution is 5.92. The lowest BCUT2D eigenvalue weighted by atomic mass is 9.92. The zero-order valence-corrected chi connectivity index (χ0v) is 13.1. The third-order valence-electron chi connectivity index (χ3n) is 4.84. The molecule has 22 heavy (non-hydrogen) atoms. The zero-order valence-electron chi connectivity index (χ0n) is 13.1. The Hall–Kier alpha value is -1.91. The van der Waals surface area contributed by atoms with Crippen LogP contribution in [0.4, 0.5) is 0 Å². The lowest BCUT2D eigenvalue weighted by Gasteiger charge is -2.44. The molecule has 0 bridgehead atoms. The maximum atomic E-state index is 12.8. The topological polar surface area (TPSA) is 53.5 Å². The van der Waals surface area contributed by atoms with Gasteiger partial charge in [-0.1, -0.05) is 6.07 Å². The normalized spacial score (nSPS) is 25.3. The first-order valence-electron chi connectivity index (χ1n) is 8.17. The molecule has 0 aliphatic carbocycles. The van der Waals surface area contributed by atoms with Crippen molar-refractivity contribution in [1.82, 2.24) is 14.8 Å². The highest BCUT2D eigenvalue weighted by Gasteiger charge is 2.39. The van der Waals surface area contributed by atoms with Crippen LogP contribution in [0.2, 0.25) is 0 Å². The Bertz CT molecular complexity index is 546. The van der Waals surface area contributed by atoms with Gasteiger partial charge in [0.2, 0.25) is 5.91 Å². The highest BCUT2D eigenvalue weighted by atomic mass is 16.2. The van der Waals surface area contributed by atoms with Gasteiger partial charge in [0.25, 0.3) is 5.91 Å². The molecular formula is C17H23N3O2.